The summed E-state index contributed by atoms with van der Waals surface area (Å²) in [5.41, 5.74) is 2.04. The molecule has 1 N–H and O–H groups in total. The second-order valence-electron chi connectivity index (χ2n) is 3.96. The minimum Gasteiger partial charge on any atom is -0.389 e. The van der Waals surface area contributed by atoms with Crippen LogP contribution >= 0.6 is 0 Å². The molecule has 2 heteroatoms. The predicted molar refractivity (Wildman–Crippen MR) is 55.0 cm³/mol. The number of ether oxygens (including phenoxy) is 1. The van der Waals surface area contributed by atoms with Gasteiger partial charge < -0.3 is 9.84 Å². The lowest BCUT2D eigenvalue weighted by Crippen LogP contribution is -2.13. The average molecular weight is 192 g/mol. The lowest BCUT2D eigenvalue weighted by molar-refractivity contribution is 0.0751. The van der Waals surface area contributed by atoms with E-state index < -0.39 is 6.10 Å². The van der Waals surface area contributed by atoms with Crippen LogP contribution in [-0.4, -0.2) is 12.2 Å². The zero-order chi connectivity index (χ0) is 10.2. The first-order valence-corrected chi connectivity index (χ1v) is 5.02. The van der Waals surface area contributed by atoms with E-state index >= 15 is 0 Å². The fourth-order valence-electron chi connectivity index (χ4n) is 1.97. The monoisotopic (exact) mass is 192 g/mol. The predicted octanol–water partition coefficient (Wildman–Crippen LogP) is 2.38. The number of hydrogen-bond donors (Lipinski definition) is 1. The average Bonchev–Trinajstić information content (AvgIpc) is 2.98. The SMILES string of the molecule is COC1(c2ccccc2C(C)O)CC1. The van der Waals surface area contributed by atoms with E-state index in [9.17, 15) is 5.11 Å². The maximum Gasteiger partial charge on any atom is 0.0933 e. The molecule has 1 atom stereocenters. The van der Waals surface area contributed by atoms with Gasteiger partial charge in [0.05, 0.1) is 11.7 Å². The molecule has 0 spiro atoms. The van der Waals surface area contributed by atoms with Crippen LogP contribution < -0.4 is 0 Å². The number of rotatable bonds is 3. The summed E-state index contributed by atoms with van der Waals surface area (Å²) >= 11 is 0. The van der Waals surface area contributed by atoms with Crippen LogP contribution in [0.5, 0.6) is 0 Å². The summed E-state index contributed by atoms with van der Waals surface area (Å²) in [7, 11) is 1.74. The molecule has 76 valence electrons. The van der Waals surface area contributed by atoms with Crippen molar-refractivity contribution in [2.75, 3.05) is 7.11 Å². The Hall–Kier alpha value is -0.860. The molecule has 0 aromatic heterocycles. The third-order valence-electron chi connectivity index (χ3n) is 3.00. The van der Waals surface area contributed by atoms with Gasteiger partial charge in [-0.3, -0.25) is 0 Å². The zero-order valence-electron chi connectivity index (χ0n) is 8.66. The third-order valence-corrected chi connectivity index (χ3v) is 3.00. The first-order chi connectivity index (χ1) is 6.69. The molecule has 1 aliphatic rings. The van der Waals surface area contributed by atoms with E-state index in [1.54, 1.807) is 14.0 Å². The molecule has 1 aliphatic carbocycles. The van der Waals surface area contributed by atoms with Gasteiger partial charge in [0.2, 0.25) is 0 Å². The minimum atomic E-state index is -0.418. The number of hydrogen-bond acceptors (Lipinski definition) is 2. The highest BCUT2D eigenvalue weighted by Crippen LogP contribution is 2.50. The summed E-state index contributed by atoms with van der Waals surface area (Å²) in [6.45, 7) is 1.80. The van der Waals surface area contributed by atoms with E-state index in [1.807, 2.05) is 18.2 Å². The van der Waals surface area contributed by atoms with Gasteiger partial charge in [0.25, 0.3) is 0 Å². The quantitative estimate of drug-likeness (QED) is 0.796. The summed E-state index contributed by atoms with van der Waals surface area (Å²) in [4.78, 5) is 0. The first kappa shape index (κ1) is 9.69. The standard InChI is InChI=1S/C12H16O2/c1-9(13)10-5-3-4-6-11(10)12(14-2)7-8-12/h3-6,9,13H,7-8H2,1-2H3. The van der Waals surface area contributed by atoms with E-state index in [0.29, 0.717) is 0 Å². The van der Waals surface area contributed by atoms with E-state index in [2.05, 4.69) is 6.07 Å². The van der Waals surface area contributed by atoms with Gasteiger partial charge >= 0.3 is 0 Å². The van der Waals surface area contributed by atoms with Gasteiger partial charge in [-0.15, -0.1) is 0 Å². The maximum atomic E-state index is 9.64. The van der Waals surface area contributed by atoms with Gasteiger partial charge in [-0.25, -0.2) is 0 Å². The molecule has 0 amide bonds. The van der Waals surface area contributed by atoms with E-state index in [1.165, 1.54) is 0 Å². The van der Waals surface area contributed by atoms with Crippen molar-refractivity contribution in [3.63, 3.8) is 0 Å². The smallest absolute Gasteiger partial charge is 0.0933 e. The van der Waals surface area contributed by atoms with Crippen LogP contribution in [0.15, 0.2) is 24.3 Å². The second kappa shape index (κ2) is 3.37. The summed E-state index contributed by atoms with van der Waals surface area (Å²) in [6.07, 6.45) is 1.71. The van der Waals surface area contributed by atoms with Gasteiger partial charge in [-0.05, 0) is 30.9 Å². The largest absolute Gasteiger partial charge is 0.389 e. The summed E-state index contributed by atoms with van der Waals surface area (Å²) in [5.74, 6) is 0. The molecule has 0 saturated heterocycles. The van der Waals surface area contributed by atoms with Crippen molar-refractivity contribution in [2.45, 2.75) is 31.5 Å². The van der Waals surface area contributed by atoms with Crippen LogP contribution in [0.2, 0.25) is 0 Å². The fourth-order valence-corrected chi connectivity index (χ4v) is 1.97. The molecule has 1 fully saturated rings. The highest BCUT2D eigenvalue weighted by molar-refractivity contribution is 5.37. The maximum absolute atomic E-state index is 9.64. The molecular weight excluding hydrogens is 176 g/mol. The number of benzene rings is 1. The molecule has 0 radical (unpaired) electrons. The normalized spacial score (nSPS) is 20.5. The molecule has 1 saturated carbocycles. The van der Waals surface area contributed by atoms with Crippen LogP contribution in [0.4, 0.5) is 0 Å². The Morgan fingerprint density at radius 2 is 2.00 bits per heavy atom. The molecule has 0 aliphatic heterocycles. The summed E-state index contributed by atoms with van der Waals surface area (Å²) in [5, 5.41) is 9.64. The van der Waals surface area contributed by atoms with E-state index in [0.717, 1.165) is 24.0 Å². The Labute approximate surface area is 84.5 Å². The molecule has 1 aromatic carbocycles. The highest BCUT2D eigenvalue weighted by atomic mass is 16.5. The van der Waals surface area contributed by atoms with Crippen LogP contribution in [-0.2, 0) is 10.3 Å². The highest BCUT2D eigenvalue weighted by Gasteiger charge is 2.46. The number of aliphatic hydroxyl groups is 1. The van der Waals surface area contributed by atoms with Gasteiger partial charge in [-0.2, -0.15) is 0 Å². The lowest BCUT2D eigenvalue weighted by Gasteiger charge is -2.19. The Balaban J connectivity index is 2.42. The molecule has 1 unspecified atom stereocenters. The van der Waals surface area contributed by atoms with Crippen molar-refractivity contribution in [1.82, 2.24) is 0 Å². The van der Waals surface area contributed by atoms with Crippen LogP contribution in [0.25, 0.3) is 0 Å². The van der Waals surface area contributed by atoms with Crippen molar-refractivity contribution in [3.8, 4) is 0 Å². The van der Waals surface area contributed by atoms with Gasteiger partial charge in [-0.1, -0.05) is 24.3 Å². The Morgan fingerprint density at radius 3 is 2.50 bits per heavy atom. The van der Waals surface area contributed by atoms with Gasteiger partial charge in [0.1, 0.15) is 0 Å². The van der Waals surface area contributed by atoms with Crippen molar-refractivity contribution in [1.29, 1.82) is 0 Å². The zero-order valence-corrected chi connectivity index (χ0v) is 8.66. The summed E-state index contributed by atoms with van der Waals surface area (Å²) < 4.78 is 5.51. The van der Waals surface area contributed by atoms with Crippen LogP contribution in [0.1, 0.15) is 37.0 Å². The van der Waals surface area contributed by atoms with Crippen molar-refractivity contribution < 1.29 is 9.84 Å². The topological polar surface area (TPSA) is 29.5 Å². The van der Waals surface area contributed by atoms with Gasteiger partial charge in [0.15, 0.2) is 0 Å². The Morgan fingerprint density at radius 1 is 1.36 bits per heavy atom. The van der Waals surface area contributed by atoms with Crippen molar-refractivity contribution in [2.24, 2.45) is 0 Å². The Kier molecular flexibility index (Phi) is 2.33. The molecule has 1 aromatic rings. The molecule has 2 nitrogen and oxygen atoms in total. The van der Waals surface area contributed by atoms with E-state index in [-0.39, 0.29) is 5.60 Å². The first-order valence-electron chi connectivity index (χ1n) is 5.02. The van der Waals surface area contributed by atoms with Crippen molar-refractivity contribution in [3.05, 3.63) is 35.4 Å². The van der Waals surface area contributed by atoms with Crippen molar-refractivity contribution >= 4 is 0 Å². The molecule has 2 rings (SSSR count). The molecule has 14 heavy (non-hydrogen) atoms. The molecule has 0 heterocycles. The summed E-state index contributed by atoms with van der Waals surface area (Å²) in [6, 6.07) is 7.98. The number of aliphatic hydroxyl groups excluding tert-OH is 1. The van der Waals surface area contributed by atoms with Crippen LogP contribution in [0.3, 0.4) is 0 Å². The number of methoxy groups -OCH3 is 1. The second-order valence-corrected chi connectivity index (χ2v) is 3.96. The Bertz CT molecular complexity index is 327. The fraction of sp³-hybridized carbons (Fsp3) is 0.500. The molecule has 0 bridgehead atoms. The van der Waals surface area contributed by atoms with E-state index in [4.69, 9.17) is 4.74 Å². The van der Waals surface area contributed by atoms with Gasteiger partial charge in [0, 0.05) is 7.11 Å². The molecular formula is C12H16O2. The lowest BCUT2D eigenvalue weighted by atomic mass is 9.97. The van der Waals surface area contributed by atoms with Crippen LogP contribution in [0, 0.1) is 0 Å². The third kappa shape index (κ3) is 1.45. The minimum absolute atomic E-state index is 0.104.